The number of phenols is 1. The number of hydrogen-bond acceptors (Lipinski definition) is 10. The van der Waals surface area contributed by atoms with Crippen molar-refractivity contribution in [1.82, 2.24) is 0 Å². The van der Waals surface area contributed by atoms with Gasteiger partial charge in [-0.3, -0.25) is 13.8 Å². The van der Waals surface area contributed by atoms with Crippen molar-refractivity contribution in [3.63, 3.8) is 0 Å². The number of aromatic hydroxyl groups is 1. The topological polar surface area (TPSA) is 167 Å². The number of benzene rings is 3. The SMILES string of the molecule is O=C1c2ccccc2C(=O)c2c(Nc3cccc(S(=O)(=O)CCOS(=O)(=O)[O-])c3)ccc(O)c21.[Na+]. The molecule has 0 aliphatic heterocycles. The van der Waals surface area contributed by atoms with Crippen LogP contribution in [-0.4, -0.2) is 50.4 Å². The predicted molar refractivity (Wildman–Crippen MR) is 119 cm³/mol. The van der Waals surface area contributed by atoms with Crippen LogP contribution >= 0.6 is 0 Å². The summed E-state index contributed by atoms with van der Waals surface area (Å²) in [6, 6.07) is 14.3. The third-order valence-corrected chi connectivity index (χ3v) is 7.24. The van der Waals surface area contributed by atoms with Crippen LogP contribution in [0.1, 0.15) is 31.8 Å². The van der Waals surface area contributed by atoms with Gasteiger partial charge < -0.3 is 15.0 Å². The molecule has 35 heavy (non-hydrogen) atoms. The molecule has 0 unspecified atom stereocenters. The smallest absolute Gasteiger partial charge is 0.726 e. The van der Waals surface area contributed by atoms with E-state index in [1.165, 1.54) is 48.5 Å². The number of carbonyl (C=O) groups is 2. The quantitative estimate of drug-likeness (QED) is 0.134. The Kier molecular flexibility index (Phi) is 7.86. The molecule has 0 saturated heterocycles. The summed E-state index contributed by atoms with van der Waals surface area (Å²) >= 11 is 0. The monoisotopic (exact) mass is 525 g/mol. The van der Waals surface area contributed by atoms with Crippen LogP contribution < -0.4 is 34.9 Å². The van der Waals surface area contributed by atoms with Crippen molar-refractivity contribution in [3.05, 3.63) is 82.9 Å². The van der Waals surface area contributed by atoms with E-state index in [1.54, 1.807) is 12.1 Å². The van der Waals surface area contributed by atoms with Crippen molar-refractivity contribution in [1.29, 1.82) is 0 Å². The van der Waals surface area contributed by atoms with Gasteiger partial charge in [0.25, 0.3) is 0 Å². The number of carbonyl (C=O) groups excluding carboxylic acids is 2. The van der Waals surface area contributed by atoms with E-state index in [1.807, 2.05) is 0 Å². The zero-order chi connectivity index (χ0) is 24.7. The van der Waals surface area contributed by atoms with Gasteiger partial charge in [0.15, 0.2) is 21.4 Å². The summed E-state index contributed by atoms with van der Waals surface area (Å²) in [5.74, 6) is -2.12. The number of hydrogen-bond donors (Lipinski definition) is 2. The van der Waals surface area contributed by atoms with Crippen molar-refractivity contribution >= 4 is 43.2 Å². The molecule has 0 bridgehead atoms. The fraction of sp³-hybridized carbons (Fsp3) is 0.0909. The minimum absolute atomic E-state index is 0. The van der Waals surface area contributed by atoms with Crippen LogP contribution in [0, 0.1) is 0 Å². The molecule has 1 aliphatic rings. The Bertz CT molecular complexity index is 1550. The summed E-state index contributed by atoms with van der Waals surface area (Å²) in [6.45, 7) is -0.840. The zero-order valence-corrected chi connectivity index (χ0v) is 21.9. The Morgan fingerprint density at radius 2 is 1.49 bits per heavy atom. The van der Waals surface area contributed by atoms with Gasteiger partial charge in [0.2, 0.25) is 10.4 Å². The van der Waals surface area contributed by atoms with Crippen LogP contribution in [0.4, 0.5) is 11.4 Å². The average Bonchev–Trinajstić information content (AvgIpc) is 2.78. The van der Waals surface area contributed by atoms with Gasteiger partial charge in [-0.15, -0.1) is 0 Å². The maximum absolute atomic E-state index is 13.2. The number of anilines is 2. The van der Waals surface area contributed by atoms with Crippen LogP contribution in [0.25, 0.3) is 0 Å². The second-order valence-electron chi connectivity index (χ2n) is 7.29. The average molecular weight is 525 g/mol. The predicted octanol–water partition coefficient (Wildman–Crippen LogP) is -0.834. The third kappa shape index (κ3) is 5.64. The van der Waals surface area contributed by atoms with E-state index in [-0.39, 0.29) is 73.8 Å². The van der Waals surface area contributed by atoms with Gasteiger partial charge in [0.05, 0.1) is 34.1 Å². The van der Waals surface area contributed by atoms with Crippen molar-refractivity contribution in [3.8, 4) is 5.75 Å². The van der Waals surface area contributed by atoms with Crippen molar-refractivity contribution in [2.45, 2.75) is 4.90 Å². The Morgan fingerprint density at radius 3 is 2.11 bits per heavy atom. The van der Waals surface area contributed by atoms with E-state index in [2.05, 4.69) is 9.50 Å². The van der Waals surface area contributed by atoms with Gasteiger partial charge in [-0.05, 0) is 30.3 Å². The number of phenolic OH excluding ortho intramolecular Hbond substituents is 1. The first kappa shape index (κ1) is 27.0. The minimum Gasteiger partial charge on any atom is -0.726 e. The molecule has 0 saturated carbocycles. The van der Waals surface area contributed by atoms with Gasteiger partial charge >= 0.3 is 29.6 Å². The molecule has 10 nitrogen and oxygen atoms in total. The Hall–Kier alpha value is -2.58. The van der Waals surface area contributed by atoms with Gasteiger partial charge in [0, 0.05) is 16.8 Å². The maximum Gasteiger partial charge on any atom is 1.00 e. The molecule has 13 heteroatoms. The second-order valence-corrected chi connectivity index (χ2v) is 10.4. The molecule has 0 radical (unpaired) electrons. The van der Waals surface area contributed by atoms with Crippen molar-refractivity contribution in [2.75, 3.05) is 17.7 Å². The maximum atomic E-state index is 13.2. The first-order valence-corrected chi connectivity index (χ1v) is 12.7. The van der Waals surface area contributed by atoms with Crippen LogP contribution in [0.5, 0.6) is 5.75 Å². The fourth-order valence-electron chi connectivity index (χ4n) is 3.60. The molecular formula is C22H16NNaO9S2. The fourth-order valence-corrected chi connectivity index (χ4v) is 5.12. The normalized spacial score (nSPS) is 12.9. The Balaban J connectivity index is 0.00000342. The third-order valence-electron chi connectivity index (χ3n) is 5.11. The molecule has 0 spiro atoms. The summed E-state index contributed by atoms with van der Waals surface area (Å²) in [7, 11) is -9.04. The number of fused-ring (bicyclic) bond motifs is 2. The summed E-state index contributed by atoms with van der Waals surface area (Å²) in [6.07, 6.45) is 0. The largest absolute Gasteiger partial charge is 1.00 e. The molecule has 2 N–H and O–H groups in total. The van der Waals surface area contributed by atoms with Crippen molar-refractivity contribution in [2.24, 2.45) is 0 Å². The number of nitrogens with one attached hydrogen (secondary N) is 1. The van der Waals surface area contributed by atoms with Gasteiger partial charge in [-0.1, -0.05) is 30.3 Å². The molecule has 0 atom stereocenters. The Morgan fingerprint density at radius 1 is 0.857 bits per heavy atom. The van der Waals surface area contributed by atoms with Gasteiger partial charge in [0.1, 0.15) is 5.75 Å². The van der Waals surface area contributed by atoms with Crippen LogP contribution in [-0.2, 0) is 24.4 Å². The first-order valence-electron chi connectivity index (χ1n) is 9.72. The van der Waals surface area contributed by atoms with Crippen LogP contribution in [0.3, 0.4) is 0 Å². The van der Waals surface area contributed by atoms with E-state index in [4.69, 9.17) is 0 Å². The van der Waals surface area contributed by atoms with E-state index >= 15 is 0 Å². The van der Waals surface area contributed by atoms with Crippen LogP contribution in [0.15, 0.2) is 65.6 Å². The summed E-state index contributed by atoms with van der Waals surface area (Å²) in [5, 5.41) is 13.2. The van der Waals surface area contributed by atoms with Gasteiger partial charge in [-0.25, -0.2) is 16.8 Å². The first-order chi connectivity index (χ1) is 16.0. The zero-order valence-electron chi connectivity index (χ0n) is 18.2. The second kappa shape index (κ2) is 10.2. The van der Waals surface area contributed by atoms with E-state index in [0.29, 0.717) is 0 Å². The molecule has 0 heterocycles. The molecule has 0 fully saturated rings. The van der Waals surface area contributed by atoms with E-state index in [0.717, 1.165) is 0 Å². The number of sulfone groups is 1. The Labute approximate surface area is 223 Å². The number of ketones is 2. The molecule has 3 aromatic rings. The summed E-state index contributed by atoms with van der Waals surface area (Å²) in [5.41, 5.74) is 0.557. The summed E-state index contributed by atoms with van der Waals surface area (Å²) < 4.78 is 60.5. The van der Waals surface area contributed by atoms with Gasteiger partial charge in [-0.2, -0.15) is 0 Å². The molecule has 0 aromatic heterocycles. The minimum atomic E-state index is -5.03. The molecular weight excluding hydrogens is 509 g/mol. The summed E-state index contributed by atoms with van der Waals surface area (Å²) in [4.78, 5) is 25.9. The standard InChI is InChI=1S/C22H17NO9S2.Na/c24-18-9-8-17(19-20(18)22(26)16-7-2-1-6-15(16)21(19)25)23-13-4-3-5-14(12-13)33(27,28)11-10-32-34(29,30)31;/h1-9,12,23-24H,10-11H2,(H,29,30,31);/q;+1/p-1. The van der Waals surface area contributed by atoms with Crippen molar-refractivity contribution < 1.29 is 69.8 Å². The van der Waals surface area contributed by atoms with Crippen LogP contribution in [0.2, 0.25) is 0 Å². The molecule has 3 aromatic carbocycles. The van der Waals surface area contributed by atoms with E-state index in [9.17, 15) is 36.1 Å². The van der Waals surface area contributed by atoms with E-state index < -0.39 is 44.2 Å². The number of rotatable bonds is 7. The molecule has 4 rings (SSSR count). The molecule has 0 amide bonds. The molecule has 1 aliphatic carbocycles. The molecule has 176 valence electrons.